The lowest BCUT2D eigenvalue weighted by molar-refractivity contribution is -0.130. The van der Waals surface area contributed by atoms with Crippen molar-refractivity contribution in [2.75, 3.05) is 31.9 Å². The molecule has 0 saturated carbocycles. The Morgan fingerprint density at radius 1 is 1.12 bits per heavy atom. The van der Waals surface area contributed by atoms with Gasteiger partial charge in [0.05, 0.1) is 12.2 Å². The van der Waals surface area contributed by atoms with Crippen molar-refractivity contribution >= 4 is 15.9 Å². The van der Waals surface area contributed by atoms with E-state index in [-0.39, 0.29) is 32.1 Å². The van der Waals surface area contributed by atoms with Crippen molar-refractivity contribution < 1.29 is 26.4 Å². The van der Waals surface area contributed by atoms with E-state index in [0.29, 0.717) is 5.69 Å². The van der Waals surface area contributed by atoms with E-state index < -0.39 is 28.4 Å². The Balaban J connectivity index is 1.58. The summed E-state index contributed by atoms with van der Waals surface area (Å²) >= 11 is 0. The summed E-state index contributed by atoms with van der Waals surface area (Å²) in [7, 11) is -3.98. The second kappa shape index (κ2) is 7.18. The van der Waals surface area contributed by atoms with Crippen LogP contribution in [-0.2, 0) is 23.0 Å². The first kappa shape index (κ1) is 19.2. The van der Waals surface area contributed by atoms with Gasteiger partial charge in [-0.1, -0.05) is 0 Å². The fourth-order valence-corrected chi connectivity index (χ4v) is 4.69. The fraction of sp³-hybridized carbons (Fsp3) is 0.733. The SMILES string of the molecule is O=C(c1cc2n(n1)CCCC2)N1CCN(S(=O)(=O)CCC(F)(F)F)CC1. The quantitative estimate of drug-likeness (QED) is 0.771. The van der Waals surface area contributed by atoms with Crippen molar-refractivity contribution in [1.29, 1.82) is 0 Å². The highest BCUT2D eigenvalue weighted by Gasteiger charge is 2.34. The minimum absolute atomic E-state index is 0.000500. The second-order valence-corrected chi connectivity index (χ2v) is 8.66. The van der Waals surface area contributed by atoms with Crippen molar-refractivity contribution in [3.05, 3.63) is 17.5 Å². The minimum Gasteiger partial charge on any atom is -0.335 e. The topological polar surface area (TPSA) is 75.5 Å². The maximum absolute atomic E-state index is 12.6. The van der Waals surface area contributed by atoms with Crippen molar-refractivity contribution in [3.63, 3.8) is 0 Å². The number of amides is 1. The first-order chi connectivity index (χ1) is 12.2. The zero-order valence-electron chi connectivity index (χ0n) is 14.2. The molecule has 7 nitrogen and oxygen atoms in total. The first-order valence-electron chi connectivity index (χ1n) is 8.56. The van der Waals surface area contributed by atoms with Gasteiger partial charge in [-0.05, 0) is 25.3 Å². The molecule has 0 N–H and O–H groups in total. The number of hydrogen-bond donors (Lipinski definition) is 0. The van der Waals surface area contributed by atoms with Crippen LogP contribution in [0.1, 0.15) is 35.4 Å². The van der Waals surface area contributed by atoms with E-state index in [4.69, 9.17) is 0 Å². The van der Waals surface area contributed by atoms with Crippen LogP contribution in [0.4, 0.5) is 13.2 Å². The third-order valence-electron chi connectivity index (χ3n) is 4.70. The number of hydrogen-bond acceptors (Lipinski definition) is 4. The van der Waals surface area contributed by atoms with Gasteiger partial charge in [-0.3, -0.25) is 9.48 Å². The van der Waals surface area contributed by atoms with Gasteiger partial charge in [-0.2, -0.15) is 22.6 Å². The van der Waals surface area contributed by atoms with E-state index in [9.17, 15) is 26.4 Å². The molecule has 1 aromatic rings. The largest absolute Gasteiger partial charge is 0.390 e. The molecule has 0 radical (unpaired) electrons. The maximum Gasteiger partial charge on any atom is 0.390 e. The zero-order chi connectivity index (χ0) is 18.9. The van der Waals surface area contributed by atoms with Crippen molar-refractivity contribution in [1.82, 2.24) is 19.0 Å². The van der Waals surface area contributed by atoms with Crippen LogP contribution in [0.3, 0.4) is 0 Å². The average Bonchev–Trinajstić information content (AvgIpc) is 3.03. The van der Waals surface area contributed by atoms with Gasteiger partial charge in [-0.25, -0.2) is 8.42 Å². The number of nitrogens with zero attached hydrogens (tertiary/aromatic N) is 4. The van der Waals surface area contributed by atoms with Gasteiger partial charge in [0.1, 0.15) is 0 Å². The van der Waals surface area contributed by atoms with Crippen molar-refractivity contribution in [2.45, 2.75) is 38.4 Å². The molecule has 3 heterocycles. The molecule has 2 aliphatic heterocycles. The number of alkyl halides is 3. The lowest BCUT2D eigenvalue weighted by Gasteiger charge is -2.33. The summed E-state index contributed by atoms with van der Waals surface area (Å²) in [6, 6.07) is 1.77. The summed E-state index contributed by atoms with van der Waals surface area (Å²) in [4.78, 5) is 14.1. The van der Waals surface area contributed by atoms with Crippen LogP contribution in [0.25, 0.3) is 0 Å². The standard InChI is InChI=1S/C15H21F3N4O3S/c16-15(17,18)4-10-26(24,25)21-8-6-20(7-9-21)14(23)13-11-12-3-1-2-5-22(12)19-13/h11H,1-10H2. The van der Waals surface area contributed by atoms with Gasteiger partial charge in [-0.15, -0.1) is 0 Å². The average molecular weight is 394 g/mol. The molecule has 2 aliphatic rings. The molecule has 0 unspecified atom stereocenters. The Morgan fingerprint density at radius 2 is 1.81 bits per heavy atom. The van der Waals surface area contributed by atoms with Crippen LogP contribution in [0, 0.1) is 0 Å². The van der Waals surface area contributed by atoms with Gasteiger partial charge < -0.3 is 4.90 Å². The molecule has 11 heteroatoms. The number of rotatable bonds is 4. The predicted molar refractivity (Wildman–Crippen MR) is 87.1 cm³/mol. The Bertz CT molecular complexity index is 744. The molecule has 1 aromatic heterocycles. The van der Waals surface area contributed by atoms with Gasteiger partial charge in [0, 0.05) is 38.4 Å². The Kier molecular flexibility index (Phi) is 5.29. The van der Waals surface area contributed by atoms with Crippen LogP contribution in [0.15, 0.2) is 6.07 Å². The van der Waals surface area contributed by atoms with Crippen LogP contribution >= 0.6 is 0 Å². The number of carbonyl (C=O) groups is 1. The Morgan fingerprint density at radius 3 is 2.42 bits per heavy atom. The molecule has 0 atom stereocenters. The fourth-order valence-electron chi connectivity index (χ4n) is 3.23. The highest BCUT2D eigenvalue weighted by atomic mass is 32.2. The minimum atomic E-state index is -4.51. The van der Waals surface area contributed by atoms with Crippen molar-refractivity contribution in [2.24, 2.45) is 0 Å². The van der Waals surface area contributed by atoms with E-state index in [1.807, 2.05) is 4.68 Å². The molecule has 0 aliphatic carbocycles. The molecule has 1 fully saturated rings. The molecule has 0 spiro atoms. The lowest BCUT2D eigenvalue weighted by atomic mass is 10.1. The van der Waals surface area contributed by atoms with Crippen LogP contribution < -0.4 is 0 Å². The summed E-state index contributed by atoms with van der Waals surface area (Å²) < 4.78 is 63.7. The van der Waals surface area contributed by atoms with Crippen LogP contribution in [0.2, 0.25) is 0 Å². The molecule has 26 heavy (non-hydrogen) atoms. The van der Waals surface area contributed by atoms with E-state index in [2.05, 4.69) is 5.10 Å². The van der Waals surface area contributed by atoms with Gasteiger partial charge in [0.2, 0.25) is 10.0 Å². The number of halogens is 3. The molecule has 0 aromatic carbocycles. The summed E-state index contributed by atoms with van der Waals surface area (Å²) in [6.45, 7) is 1.07. The number of piperazine rings is 1. The number of aryl methyl sites for hydroxylation is 2. The molecule has 1 amide bonds. The number of carbonyl (C=O) groups excluding carboxylic acids is 1. The number of aromatic nitrogens is 2. The third-order valence-corrected chi connectivity index (χ3v) is 6.57. The Labute approximate surface area is 149 Å². The molecule has 0 bridgehead atoms. The Hall–Kier alpha value is -1.62. The highest BCUT2D eigenvalue weighted by molar-refractivity contribution is 7.89. The maximum atomic E-state index is 12.6. The zero-order valence-corrected chi connectivity index (χ0v) is 15.0. The predicted octanol–water partition coefficient (Wildman–Crippen LogP) is 1.26. The monoisotopic (exact) mass is 394 g/mol. The molecular weight excluding hydrogens is 373 g/mol. The first-order valence-corrected chi connectivity index (χ1v) is 10.2. The highest BCUT2D eigenvalue weighted by Crippen LogP contribution is 2.22. The van der Waals surface area contributed by atoms with E-state index in [1.54, 1.807) is 6.07 Å². The summed E-state index contributed by atoms with van der Waals surface area (Å²) in [5.74, 6) is -1.22. The number of sulfonamides is 1. The van der Waals surface area contributed by atoms with Gasteiger partial charge in [0.25, 0.3) is 5.91 Å². The molecule has 1 saturated heterocycles. The van der Waals surface area contributed by atoms with E-state index >= 15 is 0 Å². The molecular formula is C15H21F3N4O3S. The summed E-state index contributed by atoms with van der Waals surface area (Å²) in [6.07, 6.45) is -2.91. The van der Waals surface area contributed by atoms with Crippen LogP contribution in [-0.4, -0.2) is 71.4 Å². The summed E-state index contributed by atoms with van der Waals surface area (Å²) in [5.41, 5.74) is 1.36. The van der Waals surface area contributed by atoms with E-state index in [1.165, 1.54) is 4.90 Å². The normalized spacial score (nSPS) is 19.4. The number of fused-ring (bicyclic) bond motifs is 1. The smallest absolute Gasteiger partial charge is 0.335 e. The van der Waals surface area contributed by atoms with E-state index in [0.717, 1.165) is 35.8 Å². The van der Waals surface area contributed by atoms with Crippen molar-refractivity contribution in [3.8, 4) is 0 Å². The second-order valence-electron chi connectivity index (χ2n) is 6.57. The molecule has 146 valence electrons. The van der Waals surface area contributed by atoms with Gasteiger partial charge >= 0.3 is 6.18 Å². The molecule has 3 rings (SSSR count). The third kappa shape index (κ3) is 4.37. The van der Waals surface area contributed by atoms with Crippen LogP contribution in [0.5, 0.6) is 0 Å². The summed E-state index contributed by atoms with van der Waals surface area (Å²) in [5, 5.41) is 4.32. The van der Waals surface area contributed by atoms with Gasteiger partial charge in [0.15, 0.2) is 5.69 Å². The lowest BCUT2D eigenvalue weighted by Crippen LogP contribution is -2.51.